The van der Waals surface area contributed by atoms with E-state index in [0.29, 0.717) is 0 Å². The number of rotatable bonds is 7. The number of aliphatic hydroxyl groups excluding tert-OH is 1. The van der Waals surface area contributed by atoms with Crippen molar-refractivity contribution in [3.8, 4) is 0 Å². The Balaban J connectivity index is 2.07. The third kappa shape index (κ3) is 5.12. The lowest BCUT2D eigenvalue weighted by Crippen LogP contribution is -2.25. The van der Waals surface area contributed by atoms with Crippen molar-refractivity contribution in [2.24, 2.45) is 0 Å². The minimum Gasteiger partial charge on any atom is -0.396 e. The summed E-state index contributed by atoms with van der Waals surface area (Å²) in [5.74, 6) is 0. The van der Waals surface area contributed by atoms with Gasteiger partial charge in [-0.25, -0.2) is 0 Å². The van der Waals surface area contributed by atoms with E-state index in [1.54, 1.807) is 0 Å². The van der Waals surface area contributed by atoms with Gasteiger partial charge in [-0.1, -0.05) is 23.7 Å². The number of benzene rings is 1. The number of hydrogen-bond acceptors (Lipinski definition) is 3. The molecule has 0 bridgehead atoms. The molecule has 1 aromatic heterocycles. The number of halogens is 1. The molecule has 0 atom stereocenters. The molecule has 0 spiro atoms. The van der Waals surface area contributed by atoms with Crippen LogP contribution in [0.2, 0.25) is 5.02 Å². The van der Waals surface area contributed by atoms with Crippen molar-refractivity contribution >= 4 is 11.6 Å². The van der Waals surface area contributed by atoms with Crippen molar-refractivity contribution in [1.82, 2.24) is 9.88 Å². The van der Waals surface area contributed by atoms with Crippen LogP contribution in [-0.4, -0.2) is 28.1 Å². The van der Waals surface area contributed by atoms with Crippen molar-refractivity contribution < 1.29 is 5.11 Å². The Bertz CT molecular complexity index is 557. The molecule has 0 fully saturated rings. The van der Waals surface area contributed by atoms with Gasteiger partial charge in [-0.15, -0.1) is 0 Å². The van der Waals surface area contributed by atoms with Crippen LogP contribution in [0.1, 0.15) is 23.1 Å². The first-order valence-electron chi connectivity index (χ1n) is 7.16. The van der Waals surface area contributed by atoms with E-state index < -0.39 is 0 Å². The summed E-state index contributed by atoms with van der Waals surface area (Å²) >= 11 is 5.93. The third-order valence-electron chi connectivity index (χ3n) is 3.48. The standard InChI is InChI=1S/C17H21ClN2O/c1-14-11-19-8-7-16(14)13-20(9-2-10-21)12-15-3-5-17(18)6-4-15/h3-8,11,21H,2,9-10,12-13H2,1H3. The Labute approximate surface area is 131 Å². The van der Waals surface area contributed by atoms with Gasteiger partial charge in [0.15, 0.2) is 0 Å². The van der Waals surface area contributed by atoms with Crippen LogP contribution in [-0.2, 0) is 13.1 Å². The van der Waals surface area contributed by atoms with Gasteiger partial charge in [-0.05, 0) is 48.2 Å². The third-order valence-corrected chi connectivity index (χ3v) is 3.73. The number of aliphatic hydroxyl groups is 1. The monoisotopic (exact) mass is 304 g/mol. The highest BCUT2D eigenvalue weighted by Gasteiger charge is 2.08. The van der Waals surface area contributed by atoms with E-state index in [0.717, 1.165) is 31.1 Å². The van der Waals surface area contributed by atoms with Crippen LogP contribution in [0.5, 0.6) is 0 Å². The highest BCUT2D eigenvalue weighted by Crippen LogP contribution is 2.15. The number of nitrogens with zero attached hydrogens (tertiary/aromatic N) is 2. The smallest absolute Gasteiger partial charge is 0.0443 e. The Hall–Kier alpha value is -1.42. The molecule has 3 nitrogen and oxygen atoms in total. The minimum atomic E-state index is 0.215. The molecule has 0 aliphatic carbocycles. The maximum atomic E-state index is 9.08. The van der Waals surface area contributed by atoms with Gasteiger partial charge >= 0.3 is 0 Å². The van der Waals surface area contributed by atoms with E-state index >= 15 is 0 Å². The summed E-state index contributed by atoms with van der Waals surface area (Å²) < 4.78 is 0. The number of pyridine rings is 1. The summed E-state index contributed by atoms with van der Waals surface area (Å²) in [4.78, 5) is 6.47. The maximum Gasteiger partial charge on any atom is 0.0443 e. The normalized spacial score (nSPS) is 11.0. The summed E-state index contributed by atoms with van der Waals surface area (Å²) in [5.41, 5.74) is 3.70. The molecule has 21 heavy (non-hydrogen) atoms. The zero-order valence-electron chi connectivity index (χ0n) is 12.3. The molecule has 112 valence electrons. The molecule has 0 saturated carbocycles. The molecular formula is C17H21ClN2O. The highest BCUT2D eigenvalue weighted by atomic mass is 35.5. The van der Waals surface area contributed by atoms with E-state index in [1.165, 1.54) is 16.7 Å². The van der Waals surface area contributed by atoms with E-state index in [9.17, 15) is 0 Å². The molecule has 4 heteroatoms. The summed E-state index contributed by atoms with van der Waals surface area (Å²) in [6.07, 6.45) is 4.49. The molecule has 0 aliphatic rings. The molecular weight excluding hydrogens is 284 g/mol. The molecule has 2 aromatic rings. The SMILES string of the molecule is Cc1cnccc1CN(CCCO)Cc1ccc(Cl)cc1. The zero-order chi connectivity index (χ0) is 15.1. The van der Waals surface area contributed by atoms with Gasteiger partial charge in [0.05, 0.1) is 0 Å². The molecule has 1 heterocycles. The second-order valence-corrected chi connectivity index (χ2v) is 5.65. The largest absolute Gasteiger partial charge is 0.396 e. The molecule has 0 aliphatic heterocycles. The lowest BCUT2D eigenvalue weighted by Gasteiger charge is -2.23. The summed E-state index contributed by atoms with van der Waals surface area (Å²) in [6, 6.07) is 9.99. The van der Waals surface area contributed by atoms with Crippen molar-refractivity contribution in [3.63, 3.8) is 0 Å². The van der Waals surface area contributed by atoms with Crippen molar-refractivity contribution in [2.75, 3.05) is 13.2 Å². The Morgan fingerprint density at radius 3 is 2.57 bits per heavy atom. The fourth-order valence-electron chi connectivity index (χ4n) is 2.28. The molecule has 2 rings (SSSR count). The van der Waals surface area contributed by atoms with Gasteiger partial charge in [0, 0.05) is 43.7 Å². The van der Waals surface area contributed by atoms with E-state index in [-0.39, 0.29) is 6.61 Å². The Morgan fingerprint density at radius 1 is 1.14 bits per heavy atom. The fourth-order valence-corrected chi connectivity index (χ4v) is 2.40. The van der Waals surface area contributed by atoms with Gasteiger partial charge in [0.25, 0.3) is 0 Å². The van der Waals surface area contributed by atoms with Gasteiger partial charge in [-0.2, -0.15) is 0 Å². The lowest BCUT2D eigenvalue weighted by molar-refractivity contribution is 0.212. The fraction of sp³-hybridized carbons (Fsp3) is 0.353. The average Bonchev–Trinajstić information content (AvgIpc) is 2.49. The first-order chi connectivity index (χ1) is 10.2. The minimum absolute atomic E-state index is 0.215. The number of aromatic nitrogens is 1. The Kier molecular flexibility index (Phi) is 6.18. The van der Waals surface area contributed by atoms with Crippen LogP contribution in [0.15, 0.2) is 42.7 Å². The van der Waals surface area contributed by atoms with Crippen LogP contribution >= 0.6 is 11.6 Å². The molecule has 0 unspecified atom stereocenters. The molecule has 1 aromatic carbocycles. The van der Waals surface area contributed by atoms with Gasteiger partial charge in [-0.3, -0.25) is 9.88 Å². The second kappa shape index (κ2) is 8.13. The molecule has 0 amide bonds. The molecule has 0 radical (unpaired) electrons. The summed E-state index contributed by atoms with van der Waals surface area (Å²) in [7, 11) is 0. The highest BCUT2D eigenvalue weighted by molar-refractivity contribution is 6.30. The van der Waals surface area contributed by atoms with Gasteiger partial charge in [0.2, 0.25) is 0 Å². The van der Waals surface area contributed by atoms with Crippen LogP contribution in [0, 0.1) is 6.92 Å². The number of aryl methyl sites for hydroxylation is 1. The number of hydrogen-bond donors (Lipinski definition) is 1. The summed E-state index contributed by atoms with van der Waals surface area (Å²) in [6.45, 7) is 4.86. The topological polar surface area (TPSA) is 36.4 Å². The second-order valence-electron chi connectivity index (χ2n) is 5.22. The predicted octanol–water partition coefficient (Wildman–Crippen LogP) is 3.43. The van der Waals surface area contributed by atoms with Crippen LogP contribution in [0.3, 0.4) is 0 Å². The van der Waals surface area contributed by atoms with Crippen LogP contribution < -0.4 is 0 Å². The zero-order valence-corrected chi connectivity index (χ0v) is 13.1. The molecule has 0 saturated heterocycles. The van der Waals surface area contributed by atoms with Gasteiger partial charge < -0.3 is 5.11 Å². The van der Waals surface area contributed by atoms with E-state index in [4.69, 9.17) is 16.7 Å². The van der Waals surface area contributed by atoms with Crippen molar-refractivity contribution in [1.29, 1.82) is 0 Å². The Morgan fingerprint density at radius 2 is 1.90 bits per heavy atom. The van der Waals surface area contributed by atoms with Crippen molar-refractivity contribution in [2.45, 2.75) is 26.4 Å². The predicted molar refractivity (Wildman–Crippen MR) is 86.2 cm³/mol. The summed E-state index contributed by atoms with van der Waals surface area (Å²) in [5, 5.41) is 9.84. The first kappa shape index (κ1) is 16.0. The quantitative estimate of drug-likeness (QED) is 0.851. The lowest BCUT2D eigenvalue weighted by atomic mass is 10.1. The first-order valence-corrected chi connectivity index (χ1v) is 7.54. The van der Waals surface area contributed by atoms with E-state index in [2.05, 4.69) is 22.9 Å². The van der Waals surface area contributed by atoms with E-state index in [1.807, 2.05) is 36.7 Å². The van der Waals surface area contributed by atoms with Crippen molar-refractivity contribution in [3.05, 3.63) is 64.4 Å². The van der Waals surface area contributed by atoms with Crippen LogP contribution in [0.25, 0.3) is 0 Å². The average molecular weight is 305 g/mol. The van der Waals surface area contributed by atoms with Crippen LogP contribution in [0.4, 0.5) is 0 Å². The van der Waals surface area contributed by atoms with Gasteiger partial charge in [0.1, 0.15) is 0 Å². The molecule has 1 N–H and O–H groups in total. The maximum absolute atomic E-state index is 9.08.